The predicted molar refractivity (Wildman–Crippen MR) is 72.7 cm³/mol. The van der Waals surface area contributed by atoms with Gasteiger partial charge in [-0.2, -0.15) is 0 Å². The minimum Gasteiger partial charge on any atom is -0.496 e. The standard InChI is InChI=1S/C15H15NO3/c1-9-6-10(2)14(19-3)12(7-9)13-8-11(15(17)18)4-5-16-13/h4-8H,1-3H3,(H,17,18). The van der Waals surface area contributed by atoms with E-state index in [1.165, 1.54) is 12.3 Å². The largest absolute Gasteiger partial charge is 0.496 e. The second-order valence-corrected chi connectivity index (χ2v) is 4.40. The van der Waals surface area contributed by atoms with Gasteiger partial charge in [-0.25, -0.2) is 4.79 Å². The minimum atomic E-state index is -0.966. The van der Waals surface area contributed by atoms with Gasteiger partial charge in [-0.05, 0) is 43.2 Å². The van der Waals surface area contributed by atoms with Gasteiger partial charge in [0.25, 0.3) is 0 Å². The predicted octanol–water partition coefficient (Wildman–Crippen LogP) is 3.07. The van der Waals surface area contributed by atoms with E-state index in [9.17, 15) is 4.79 Å². The lowest BCUT2D eigenvalue weighted by Crippen LogP contribution is -1.99. The number of aromatic nitrogens is 1. The van der Waals surface area contributed by atoms with Gasteiger partial charge in [-0.1, -0.05) is 6.07 Å². The Morgan fingerprint density at radius 2 is 2.00 bits per heavy atom. The number of aryl methyl sites for hydroxylation is 2. The molecule has 0 bridgehead atoms. The molecule has 4 nitrogen and oxygen atoms in total. The van der Waals surface area contributed by atoms with Gasteiger partial charge >= 0.3 is 5.97 Å². The van der Waals surface area contributed by atoms with Crippen LogP contribution in [-0.4, -0.2) is 23.2 Å². The first-order valence-electron chi connectivity index (χ1n) is 5.88. The maximum Gasteiger partial charge on any atom is 0.335 e. The SMILES string of the molecule is COc1c(C)cc(C)cc1-c1cc(C(=O)O)ccn1. The molecule has 0 aliphatic heterocycles. The average Bonchev–Trinajstić information content (AvgIpc) is 2.38. The van der Waals surface area contributed by atoms with E-state index in [-0.39, 0.29) is 5.56 Å². The molecule has 2 rings (SSSR count). The van der Waals surface area contributed by atoms with Crippen molar-refractivity contribution in [3.8, 4) is 17.0 Å². The molecular weight excluding hydrogens is 242 g/mol. The molecule has 1 aromatic heterocycles. The number of carbonyl (C=O) groups is 1. The summed E-state index contributed by atoms with van der Waals surface area (Å²) in [6, 6.07) is 6.99. The smallest absolute Gasteiger partial charge is 0.335 e. The number of rotatable bonds is 3. The zero-order valence-electron chi connectivity index (χ0n) is 11.1. The Hall–Kier alpha value is -2.36. The van der Waals surface area contributed by atoms with Crippen molar-refractivity contribution in [1.82, 2.24) is 4.98 Å². The van der Waals surface area contributed by atoms with Crippen molar-refractivity contribution in [2.75, 3.05) is 7.11 Å². The number of benzene rings is 1. The summed E-state index contributed by atoms with van der Waals surface area (Å²) >= 11 is 0. The molecule has 2 aromatic rings. The van der Waals surface area contributed by atoms with Gasteiger partial charge in [0.15, 0.2) is 0 Å². The molecule has 0 saturated carbocycles. The first-order valence-corrected chi connectivity index (χ1v) is 5.88. The van der Waals surface area contributed by atoms with Gasteiger partial charge in [-0.3, -0.25) is 4.98 Å². The van der Waals surface area contributed by atoms with Crippen LogP contribution in [0.5, 0.6) is 5.75 Å². The fourth-order valence-electron chi connectivity index (χ4n) is 2.13. The van der Waals surface area contributed by atoms with E-state index in [1.807, 2.05) is 26.0 Å². The lowest BCUT2D eigenvalue weighted by molar-refractivity contribution is 0.0697. The molecule has 0 atom stereocenters. The third-order valence-electron chi connectivity index (χ3n) is 2.91. The van der Waals surface area contributed by atoms with Gasteiger partial charge < -0.3 is 9.84 Å². The molecule has 0 aliphatic carbocycles. The summed E-state index contributed by atoms with van der Waals surface area (Å²) in [7, 11) is 1.60. The fourth-order valence-corrected chi connectivity index (χ4v) is 2.13. The number of pyridine rings is 1. The first-order chi connectivity index (χ1) is 9.02. The zero-order chi connectivity index (χ0) is 14.0. The number of carboxylic acids is 1. The fraction of sp³-hybridized carbons (Fsp3) is 0.200. The zero-order valence-corrected chi connectivity index (χ0v) is 11.1. The Bertz CT molecular complexity index is 635. The Morgan fingerprint density at radius 1 is 1.26 bits per heavy atom. The maximum atomic E-state index is 11.0. The normalized spacial score (nSPS) is 10.3. The molecule has 19 heavy (non-hydrogen) atoms. The van der Waals surface area contributed by atoms with Gasteiger partial charge in [0.05, 0.1) is 18.4 Å². The van der Waals surface area contributed by atoms with Gasteiger partial charge in [0.1, 0.15) is 5.75 Å². The molecule has 0 unspecified atom stereocenters. The van der Waals surface area contributed by atoms with Crippen LogP contribution < -0.4 is 4.74 Å². The molecule has 0 radical (unpaired) electrons. The highest BCUT2D eigenvalue weighted by atomic mass is 16.5. The minimum absolute atomic E-state index is 0.214. The van der Waals surface area contributed by atoms with Crippen LogP contribution in [0.1, 0.15) is 21.5 Å². The lowest BCUT2D eigenvalue weighted by Gasteiger charge is -2.12. The van der Waals surface area contributed by atoms with Gasteiger partial charge in [0, 0.05) is 11.8 Å². The van der Waals surface area contributed by atoms with Crippen LogP contribution in [0.25, 0.3) is 11.3 Å². The van der Waals surface area contributed by atoms with Gasteiger partial charge in [-0.15, -0.1) is 0 Å². The van der Waals surface area contributed by atoms with Crippen LogP contribution in [0.15, 0.2) is 30.5 Å². The van der Waals surface area contributed by atoms with Crippen LogP contribution >= 0.6 is 0 Å². The molecule has 1 aromatic carbocycles. The summed E-state index contributed by atoms with van der Waals surface area (Å²) in [5.74, 6) is -0.243. The highest BCUT2D eigenvalue weighted by Gasteiger charge is 2.13. The van der Waals surface area contributed by atoms with Crippen molar-refractivity contribution >= 4 is 5.97 Å². The summed E-state index contributed by atoms with van der Waals surface area (Å²) in [4.78, 5) is 15.3. The number of hydrogen-bond acceptors (Lipinski definition) is 3. The van der Waals surface area contributed by atoms with Crippen LogP contribution in [0.3, 0.4) is 0 Å². The first kappa shape index (κ1) is 13.1. The van der Waals surface area contributed by atoms with Crippen LogP contribution in [0.2, 0.25) is 0 Å². The molecule has 0 aliphatic rings. The molecular formula is C15H15NO3. The second-order valence-electron chi connectivity index (χ2n) is 4.40. The quantitative estimate of drug-likeness (QED) is 0.918. The average molecular weight is 257 g/mol. The summed E-state index contributed by atoms with van der Waals surface area (Å²) < 4.78 is 5.40. The highest BCUT2D eigenvalue weighted by Crippen LogP contribution is 2.33. The van der Waals surface area contributed by atoms with E-state index in [4.69, 9.17) is 9.84 Å². The molecule has 1 N–H and O–H groups in total. The Kier molecular flexibility index (Phi) is 3.51. The van der Waals surface area contributed by atoms with E-state index in [0.29, 0.717) is 5.69 Å². The monoisotopic (exact) mass is 257 g/mol. The summed E-state index contributed by atoms with van der Waals surface area (Å²) in [6.45, 7) is 3.94. The third-order valence-corrected chi connectivity index (χ3v) is 2.91. The highest BCUT2D eigenvalue weighted by molar-refractivity contribution is 5.89. The third kappa shape index (κ3) is 2.57. The van der Waals surface area contributed by atoms with Gasteiger partial charge in [0.2, 0.25) is 0 Å². The summed E-state index contributed by atoms with van der Waals surface area (Å²) in [5, 5.41) is 9.03. The van der Waals surface area contributed by atoms with Crippen molar-refractivity contribution in [3.05, 3.63) is 47.2 Å². The molecule has 0 spiro atoms. The topological polar surface area (TPSA) is 59.4 Å². The second kappa shape index (κ2) is 5.10. The van der Waals surface area contributed by atoms with E-state index < -0.39 is 5.97 Å². The Balaban J connectivity index is 2.64. The maximum absolute atomic E-state index is 11.0. The number of carboxylic acid groups (broad SMARTS) is 1. The Morgan fingerprint density at radius 3 is 2.63 bits per heavy atom. The molecule has 0 fully saturated rings. The van der Waals surface area contributed by atoms with Crippen molar-refractivity contribution in [2.45, 2.75) is 13.8 Å². The van der Waals surface area contributed by atoms with Crippen molar-refractivity contribution in [3.63, 3.8) is 0 Å². The van der Waals surface area contributed by atoms with Crippen LogP contribution in [0, 0.1) is 13.8 Å². The van der Waals surface area contributed by atoms with Crippen molar-refractivity contribution in [1.29, 1.82) is 0 Å². The van der Waals surface area contributed by atoms with Crippen LogP contribution in [0.4, 0.5) is 0 Å². The van der Waals surface area contributed by atoms with E-state index >= 15 is 0 Å². The van der Waals surface area contributed by atoms with E-state index in [0.717, 1.165) is 22.4 Å². The number of nitrogens with zero attached hydrogens (tertiary/aromatic N) is 1. The molecule has 1 heterocycles. The number of ether oxygens (including phenoxy) is 1. The number of aromatic carboxylic acids is 1. The molecule has 98 valence electrons. The Labute approximate surface area is 111 Å². The van der Waals surface area contributed by atoms with Crippen LogP contribution in [-0.2, 0) is 0 Å². The molecule has 0 saturated heterocycles. The molecule has 0 amide bonds. The van der Waals surface area contributed by atoms with Crippen molar-refractivity contribution < 1.29 is 14.6 Å². The molecule has 4 heteroatoms. The lowest BCUT2D eigenvalue weighted by atomic mass is 10.0. The number of methoxy groups -OCH3 is 1. The van der Waals surface area contributed by atoms with E-state index in [2.05, 4.69) is 4.98 Å². The summed E-state index contributed by atoms with van der Waals surface area (Å²) in [5.41, 5.74) is 3.70. The van der Waals surface area contributed by atoms with E-state index in [1.54, 1.807) is 13.2 Å². The van der Waals surface area contributed by atoms with Crippen molar-refractivity contribution in [2.24, 2.45) is 0 Å². The number of hydrogen-bond donors (Lipinski definition) is 1. The summed E-state index contributed by atoms with van der Waals surface area (Å²) in [6.07, 6.45) is 1.50.